The van der Waals surface area contributed by atoms with Crippen LogP contribution < -0.4 is 5.32 Å². The summed E-state index contributed by atoms with van der Waals surface area (Å²) in [5.74, 6) is 1.11. The number of benzene rings is 1. The summed E-state index contributed by atoms with van der Waals surface area (Å²) >= 11 is 6.11. The Morgan fingerprint density at radius 1 is 1.36 bits per heavy atom. The number of piperidine rings is 1. The first-order chi connectivity index (χ1) is 10.5. The summed E-state index contributed by atoms with van der Waals surface area (Å²) in [5.41, 5.74) is 1.03. The van der Waals surface area contributed by atoms with Crippen LogP contribution in [0.15, 0.2) is 24.3 Å². The van der Waals surface area contributed by atoms with Gasteiger partial charge in [-0.2, -0.15) is 0 Å². The first-order valence-electron chi connectivity index (χ1n) is 8.21. The molecule has 3 nitrogen and oxygen atoms in total. The molecule has 1 aromatic carbocycles. The Kier molecular flexibility index (Phi) is 6.27. The number of hydrogen-bond donors (Lipinski definition) is 1. The van der Waals surface area contributed by atoms with E-state index in [9.17, 15) is 4.79 Å². The topological polar surface area (TPSA) is 32.3 Å². The van der Waals surface area contributed by atoms with Crippen molar-refractivity contribution in [3.63, 3.8) is 0 Å². The highest BCUT2D eigenvalue weighted by molar-refractivity contribution is 6.30. The lowest BCUT2D eigenvalue weighted by Crippen LogP contribution is -2.43. The van der Waals surface area contributed by atoms with Crippen LogP contribution >= 0.6 is 11.6 Å². The van der Waals surface area contributed by atoms with Gasteiger partial charge in [-0.25, -0.2) is 0 Å². The van der Waals surface area contributed by atoms with Gasteiger partial charge in [0.1, 0.15) is 0 Å². The standard InChI is InChI=1S/C18H27ClN2O/c1-13(2)17(15-5-4-6-16(19)11-15)18(22)21-9-7-14(8-10-21)12-20-3/h4-6,11,13-14,17,20H,7-10,12H2,1-3H3. The van der Waals surface area contributed by atoms with Crippen LogP contribution in [-0.4, -0.2) is 37.5 Å². The highest BCUT2D eigenvalue weighted by atomic mass is 35.5. The van der Waals surface area contributed by atoms with Crippen molar-refractivity contribution in [2.45, 2.75) is 32.6 Å². The smallest absolute Gasteiger partial charge is 0.230 e. The van der Waals surface area contributed by atoms with E-state index in [1.54, 1.807) is 0 Å². The SMILES string of the molecule is CNCC1CCN(C(=O)C(c2cccc(Cl)c2)C(C)C)CC1. The Morgan fingerprint density at radius 2 is 2.05 bits per heavy atom. The molecule has 0 bridgehead atoms. The monoisotopic (exact) mass is 322 g/mol. The molecule has 0 spiro atoms. The number of nitrogens with zero attached hydrogens (tertiary/aromatic N) is 1. The van der Waals surface area contributed by atoms with Crippen LogP contribution in [0, 0.1) is 11.8 Å². The molecule has 1 aromatic rings. The predicted molar refractivity (Wildman–Crippen MR) is 92.3 cm³/mol. The van der Waals surface area contributed by atoms with Gasteiger partial charge in [-0.3, -0.25) is 4.79 Å². The second-order valence-corrected chi connectivity index (χ2v) is 7.04. The van der Waals surface area contributed by atoms with Gasteiger partial charge < -0.3 is 10.2 Å². The van der Waals surface area contributed by atoms with Gasteiger partial charge in [-0.05, 0) is 56.0 Å². The third-order valence-corrected chi connectivity index (χ3v) is 4.79. The van der Waals surface area contributed by atoms with Crippen LogP contribution in [0.25, 0.3) is 0 Å². The van der Waals surface area contributed by atoms with Crippen molar-refractivity contribution in [3.8, 4) is 0 Å². The molecule has 22 heavy (non-hydrogen) atoms. The highest BCUT2D eigenvalue weighted by Gasteiger charge is 2.31. The Labute approximate surface area is 139 Å². The van der Waals surface area contributed by atoms with Gasteiger partial charge in [0.25, 0.3) is 0 Å². The Hall–Kier alpha value is -1.06. The van der Waals surface area contributed by atoms with Crippen molar-refractivity contribution >= 4 is 17.5 Å². The number of hydrogen-bond acceptors (Lipinski definition) is 2. The summed E-state index contributed by atoms with van der Waals surface area (Å²) in [5, 5.41) is 3.93. The molecule has 2 rings (SSSR count). The summed E-state index contributed by atoms with van der Waals surface area (Å²) in [6.45, 7) is 7.00. The Morgan fingerprint density at radius 3 is 2.59 bits per heavy atom. The number of nitrogens with one attached hydrogen (secondary N) is 1. The van der Waals surface area contributed by atoms with Crippen molar-refractivity contribution in [1.29, 1.82) is 0 Å². The van der Waals surface area contributed by atoms with Crippen LogP contribution in [0.2, 0.25) is 5.02 Å². The van der Waals surface area contributed by atoms with E-state index in [0.29, 0.717) is 10.9 Å². The minimum absolute atomic E-state index is 0.0976. The molecule has 122 valence electrons. The maximum absolute atomic E-state index is 13.0. The summed E-state index contributed by atoms with van der Waals surface area (Å²) in [4.78, 5) is 15.0. The molecular formula is C18H27ClN2O. The number of likely N-dealkylation sites (tertiary alicyclic amines) is 1. The van der Waals surface area contributed by atoms with E-state index >= 15 is 0 Å². The quantitative estimate of drug-likeness (QED) is 0.899. The maximum atomic E-state index is 13.0. The molecule has 1 aliphatic rings. The molecule has 0 radical (unpaired) electrons. The van der Waals surface area contributed by atoms with Crippen molar-refractivity contribution < 1.29 is 4.79 Å². The first kappa shape index (κ1) is 17.3. The molecule has 4 heteroatoms. The summed E-state index contributed by atoms with van der Waals surface area (Å²) in [7, 11) is 1.99. The minimum Gasteiger partial charge on any atom is -0.342 e. The molecule has 0 aromatic heterocycles. The largest absolute Gasteiger partial charge is 0.342 e. The fourth-order valence-corrected chi connectivity index (χ4v) is 3.55. The van der Waals surface area contributed by atoms with Gasteiger partial charge >= 0.3 is 0 Å². The fourth-order valence-electron chi connectivity index (χ4n) is 3.36. The molecule has 0 saturated carbocycles. The molecular weight excluding hydrogens is 296 g/mol. The number of rotatable bonds is 5. The lowest BCUT2D eigenvalue weighted by atomic mass is 9.86. The average Bonchev–Trinajstić information content (AvgIpc) is 2.48. The molecule has 1 heterocycles. The van der Waals surface area contributed by atoms with E-state index in [0.717, 1.165) is 38.0 Å². The Bertz CT molecular complexity index is 496. The molecule has 1 aliphatic heterocycles. The zero-order valence-electron chi connectivity index (χ0n) is 13.8. The number of amides is 1. The van der Waals surface area contributed by atoms with Crippen molar-refractivity contribution in [3.05, 3.63) is 34.9 Å². The van der Waals surface area contributed by atoms with Gasteiger partial charge in [-0.15, -0.1) is 0 Å². The second-order valence-electron chi connectivity index (χ2n) is 6.60. The minimum atomic E-state index is -0.0976. The Balaban J connectivity index is 2.08. The molecule has 0 aliphatic carbocycles. The molecule has 1 N–H and O–H groups in total. The van der Waals surface area contributed by atoms with Gasteiger partial charge in [0.15, 0.2) is 0 Å². The second kappa shape index (κ2) is 7.98. The number of carbonyl (C=O) groups is 1. The fraction of sp³-hybridized carbons (Fsp3) is 0.611. The van der Waals surface area contributed by atoms with E-state index in [2.05, 4.69) is 19.2 Å². The summed E-state index contributed by atoms with van der Waals surface area (Å²) < 4.78 is 0. The van der Waals surface area contributed by atoms with E-state index in [1.165, 1.54) is 0 Å². The summed E-state index contributed by atoms with van der Waals surface area (Å²) in [6, 6.07) is 7.73. The van der Waals surface area contributed by atoms with E-state index < -0.39 is 0 Å². The van der Waals surface area contributed by atoms with E-state index in [1.807, 2.05) is 36.2 Å². The van der Waals surface area contributed by atoms with Gasteiger partial charge in [0.05, 0.1) is 5.92 Å². The number of carbonyl (C=O) groups excluding carboxylic acids is 1. The van der Waals surface area contributed by atoms with E-state index in [-0.39, 0.29) is 17.7 Å². The zero-order chi connectivity index (χ0) is 16.1. The zero-order valence-corrected chi connectivity index (χ0v) is 14.6. The van der Waals surface area contributed by atoms with Crippen LogP contribution in [0.3, 0.4) is 0 Å². The van der Waals surface area contributed by atoms with E-state index in [4.69, 9.17) is 11.6 Å². The average molecular weight is 323 g/mol. The van der Waals surface area contributed by atoms with Crippen LogP contribution in [0.1, 0.15) is 38.2 Å². The molecule has 1 unspecified atom stereocenters. The van der Waals surface area contributed by atoms with Crippen molar-refractivity contribution in [2.24, 2.45) is 11.8 Å². The lowest BCUT2D eigenvalue weighted by Gasteiger charge is -2.35. The third kappa shape index (κ3) is 4.23. The lowest BCUT2D eigenvalue weighted by molar-refractivity contribution is -0.135. The number of halogens is 1. The third-order valence-electron chi connectivity index (χ3n) is 4.56. The van der Waals surface area contributed by atoms with Crippen LogP contribution in [-0.2, 0) is 4.79 Å². The maximum Gasteiger partial charge on any atom is 0.230 e. The summed E-state index contributed by atoms with van der Waals surface area (Å²) in [6.07, 6.45) is 2.18. The molecule has 1 amide bonds. The highest BCUT2D eigenvalue weighted by Crippen LogP contribution is 2.30. The molecule has 1 atom stereocenters. The predicted octanol–water partition coefficient (Wildman–Crippen LogP) is 3.54. The molecule has 1 saturated heterocycles. The normalized spacial score (nSPS) is 17.8. The van der Waals surface area contributed by atoms with Crippen LogP contribution in [0.4, 0.5) is 0 Å². The van der Waals surface area contributed by atoms with Gasteiger partial charge in [-0.1, -0.05) is 37.6 Å². The molecule has 1 fully saturated rings. The van der Waals surface area contributed by atoms with Gasteiger partial charge in [0, 0.05) is 18.1 Å². The van der Waals surface area contributed by atoms with Crippen LogP contribution in [0.5, 0.6) is 0 Å². The van der Waals surface area contributed by atoms with Gasteiger partial charge in [0.2, 0.25) is 5.91 Å². The van der Waals surface area contributed by atoms with Crippen molar-refractivity contribution in [2.75, 3.05) is 26.7 Å². The van der Waals surface area contributed by atoms with Crippen molar-refractivity contribution in [1.82, 2.24) is 10.2 Å². The first-order valence-corrected chi connectivity index (χ1v) is 8.59.